The smallest absolute Gasteiger partial charge is 0.306 e. The molecule has 0 aliphatic heterocycles. The molecule has 1 aromatic carbocycles. The number of ether oxygens (including phenoxy) is 1. The van der Waals surface area contributed by atoms with Crippen molar-refractivity contribution in [3.05, 3.63) is 35.0 Å². The molecule has 0 spiro atoms. The van der Waals surface area contributed by atoms with E-state index in [9.17, 15) is 9.90 Å². The first-order chi connectivity index (χ1) is 11.5. The summed E-state index contributed by atoms with van der Waals surface area (Å²) in [6, 6.07) is 5.89. The summed E-state index contributed by atoms with van der Waals surface area (Å²) in [5.41, 5.74) is 4.08. The maximum atomic E-state index is 11.5. The van der Waals surface area contributed by atoms with Crippen molar-refractivity contribution < 1.29 is 14.6 Å². The molecular formula is C17H20N4O3. The minimum absolute atomic E-state index is 0.00687. The average Bonchev–Trinajstić information content (AvgIpc) is 3.06. The topological polar surface area (TPSA) is 93.0 Å². The van der Waals surface area contributed by atoms with E-state index in [1.165, 1.54) is 4.68 Å². The van der Waals surface area contributed by atoms with Crippen LogP contribution < -0.4 is 0 Å². The van der Waals surface area contributed by atoms with Gasteiger partial charge in [-0.2, -0.15) is 9.78 Å². The lowest BCUT2D eigenvalue weighted by atomic mass is 10.1. The van der Waals surface area contributed by atoms with Crippen LogP contribution in [-0.2, 0) is 16.0 Å². The molecule has 0 saturated carbocycles. The van der Waals surface area contributed by atoms with Gasteiger partial charge in [0.2, 0.25) is 11.8 Å². The number of carbonyl (C=O) groups excluding carboxylic acids is 1. The molecule has 3 rings (SSSR count). The van der Waals surface area contributed by atoms with E-state index >= 15 is 0 Å². The van der Waals surface area contributed by atoms with E-state index in [-0.39, 0.29) is 18.3 Å². The van der Waals surface area contributed by atoms with Gasteiger partial charge in [-0.15, -0.1) is 0 Å². The van der Waals surface area contributed by atoms with Crippen molar-refractivity contribution in [1.29, 1.82) is 0 Å². The number of carbonyl (C=O) groups is 1. The Bertz CT molecular complexity index is 895. The highest BCUT2D eigenvalue weighted by Crippen LogP contribution is 2.26. The summed E-state index contributed by atoms with van der Waals surface area (Å²) >= 11 is 0. The van der Waals surface area contributed by atoms with Gasteiger partial charge in [0.25, 0.3) is 0 Å². The second-order valence-electron chi connectivity index (χ2n) is 5.69. The van der Waals surface area contributed by atoms with E-state index in [4.69, 9.17) is 4.74 Å². The highest BCUT2D eigenvalue weighted by molar-refractivity contribution is 5.77. The van der Waals surface area contributed by atoms with E-state index in [1.54, 1.807) is 13.8 Å². The monoisotopic (exact) mass is 328 g/mol. The molecule has 126 valence electrons. The summed E-state index contributed by atoms with van der Waals surface area (Å²) in [4.78, 5) is 19.1. The van der Waals surface area contributed by atoms with Gasteiger partial charge in [-0.05, 0) is 44.9 Å². The van der Waals surface area contributed by atoms with Crippen molar-refractivity contribution in [2.24, 2.45) is 0 Å². The van der Waals surface area contributed by atoms with Crippen LogP contribution in [0.3, 0.4) is 0 Å². The molecule has 7 heteroatoms. The summed E-state index contributed by atoms with van der Waals surface area (Å²) in [6.07, 6.45) is 0.573. The number of aromatic hydroxyl groups is 1. The number of aromatic nitrogens is 4. The molecule has 2 heterocycles. The van der Waals surface area contributed by atoms with Crippen molar-refractivity contribution in [2.75, 3.05) is 6.61 Å². The molecule has 0 fully saturated rings. The second kappa shape index (κ2) is 6.35. The maximum Gasteiger partial charge on any atom is 0.306 e. The van der Waals surface area contributed by atoms with Crippen LogP contribution in [0.2, 0.25) is 0 Å². The zero-order valence-corrected chi connectivity index (χ0v) is 14.0. The van der Waals surface area contributed by atoms with Crippen LogP contribution in [0.1, 0.15) is 30.2 Å². The van der Waals surface area contributed by atoms with Gasteiger partial charge >= 0.3 is 5.97 Å². The van der Waals surface area contributed by atoms with Crippen LogP contribution in [0.4, 0.5) is 0 Å². The quantitative estimate of drug-likeness (QED) is 0.702. The van der Waals surface area contributed by atoms with Crippen LogP contribution in [0, 0.1) is 13.8 Å². The highest BCUT2D eigenvalue weighted by Gasteiger charge is 2.19. The third kappa shape index (κ3) is 2.97. The van der Waals surface area contributed by atoms with Gasteiger partial charge in [0.15, 0.2) is 0 Å². The molecule has 0 atom stereocenters. The van der Waals surface area contributed by atoms with Crippen molar-refractivity contribution in [2.45, 2.75) is 33.6 Å². The van der Waals surface area contributed by atoms with Crippen LogP contribution in [0.25, 0.3) is 17.0 Å². The Hall–Kier alpha value is -2.83. The fourth-order valence-corrected chi connectivity index (χ4v) is 2.65. The molecule has 0 unspecified atom stereocenters. The van der Waals surface area contributed by atoms with Crippen LogP contribution in [0.5, 0.6) is 5.88 Å². The van der Waals surface area contributed by atoms with E-state index in [2.05, 4.69) is 15.1 Å². The number of esters is 1. The number of H-pyrrole nitrogens is 1. The molecule has 0 aliphatic carbocycles. The van der Waals surface area contributed by atoms with Gasteiger partial charge in [0.05, 0.1) is 23.3 Å². The van der Waals surface area contributed by atoms with E-state index in [0.29, 0.717) is 30.2 Å². The van der Waals surface area contributed by atoms with Crippen molar-refractivity contribution in [1.82, 2.24) is 19.7 Å². The second-order valence-corrected chi connectivity index (χ2v) is 5.69. The third-order valence-corrected chi connectivity index (χ3v) is 3.87. The number of nitrogens with zero attached hydrogens (tertiary/aromatic N) is 3. The minimum Gasteiger partial charge on any atom is -0.493 e. The highest BCUT2D eigenvalue weighted by atomic mass is 16.5. The number of hydrogen-bond acceptors (Lipinski definition) is 5. The molecule has 24 heavy (non-hydrogen) atoms. The molecule has 0 aliphatic rings. The standard InChI is InChI=1S/C17H20N4O3/c1-4-24-15(22)8-6-12-11(3)20-21(16(12)23)17-18-13-7-5-10(2)9-14(13)19-17/h5,7,9,23H,4,6,8H2,1-3H3,(H,18,19). The largest absolute Gasteiger partial charge is 0.493 e. The van der Waals surface area contributed by atoms with Gasteiger partial charge in [-0.25, -0.2) is 4.98 Å². The summed E-state index contributed by atoms with van der Waals surface area (Å²) in [6.45, 7) is 5.91. The molecular weight excluding hydrogens is 308 g/mol. The third-order valence-electron chi connectivity index (χ3n) is 3.87. The molecule has 3 aromatic rings. The molecule has 0 saturated heterocycles. The predicted octanol–water partition coefficient (Wildman–Crippen LogP) is 2.57. The van der Waals surface area contributed by atoms with Gasteiger partial charge in [0.1, 0.15) is 0 Å². The van der Waals surface area contributed by atoms with Crippen molar-refractivity contribution in [3.8, 4) is 11.8 Å². The number of hydrogen-bond donors (Lipinski definition) is 2. The summed E-state index contributed by atoms with van der Waals surface area (Å²) < 4.78 is 6.29. The average molecular weight is 328 g/mol. The van der Waals surface area contributed by atoms with Gasteiger partial charge in [-0.1, -0.05) is 6.07 Å². The number of fused-ring (bicyclic) bond motifs is 1. The summed E-state index contributed by atoms with van der Waals surface area (Å²) in [5.74, 6) is 0.148. The Morgan fingerprint density at radius 2 is 2.17 bits per heavy atom. The van der Waals surface area contributed by atoms with Crippen LogP contribution in [0.15, 0.2) is 18.2 Å². The Kier molecular flexibility index (Phi) is 4.24. The molecule has 0 radical (unpaired) electrons. The van der Waals surface area contributed by atoms with E-state index in [1.807, 2.05) is 25.1 Å². The molecule has 0 amide bonds. The fraction of sp³-hybridized carbons (Fsp3) is 0.353. The lowest BCUT2D eigenvalue weighted by molar-refractivity contribution is -0.143. The van der Waals surface area contributed by atoms with E-state index < -0.39 is 0 Å². The zero-order chi connectivity index (χ0) is 17.3. The Balaban J connectivity index is 1.90. The van der Waals surface area contributed by atoms with Crippen LogP contribution in [-0.4, -0.2) is 37.4 Å². The lowest BCUT2D eigenvalue weighted by Crippen LogP contribution is -2.05. The normalized spacial score (nSPS) is 11.1. The van der Waals surface area contributed by atoms with Crippen molar-refractivity contribution >= 4 is 17.0 Å². The number of benzene rings is 1. The summed E-state index contributed by atoms with van der Waals surface area (Å²) in [5, 5.41) is 14.8. The van der Waals surface area contributed by atoms with Crippen LogP contribution >= 0.6 is 0 Å². The molecule has 2 aromatic heterocycles. The Morgan fingerprint density at radius 3 is 2.92 bits per heavy atom. The zero-order valence-electron chi connectivity index (χ0n) is 14.0. The number of imidazole rings is 1. The molecule has 7 nitrogen and oxygen atoms in total. The Morgan fingerprint density at radius 1 is 1.38 bits per heavy atom. The lowest BCUT2D eigenvalue weighted by Gasteiger charge is -2.02. The first-order valence-electron chi connectivity index (χ1n) is 7.89. The first-order valence-corrected chi connectivity index (χ1v) is 7.89. The molecule has 2 N–H and O–H groups in total. The number of aromatic amines is 1. The first kappa shape index (κ1) is 16.0. The number of rotatable bonds is 5. The fourth-order valence-electron chi connectivity index (χ4n) is 2.65. The minimum atomic E-state index is -0.289. The Labute approximate surface area is 139 Å². The van der Waals surface area contributed by atoms with Gasteiger partial charge in [-0.3, -0.25) is 4.79 Å². The SMILES string of the molecule is CCOC(=O)CCc1c(C)nn(-c2nc3cc(C)ccc3[nH]2)c1O. The van der Waals surface area contributed by atoms with Gasteiger partial charge in [0, 0.05) is 12.0 Å². The van der Waals surface area contributed by atoms with Gasteiger partial charge < -0.3 is 14.8 Å². The molecule has 0 bridgehead atoms. The van der Waals surface area contributed by atoms with Crippen molar-refractivity contribution in [3.63, 3.8) is 0 Å². The number of nitrogens with one attached hydrogen (secondary N) is 1. The maximum absolute atomic E-state index is 11.5. The van der Waals surface area contributed by atoms with E-state index in [0.717, 1.165) is 16.6 Å². The predicted molar refractivity (Wildman–Crippen MR) is 89.3 cm³/mol. The number of aryl methyl sites for hydroxylation is 2. The summed E-state index contributed by atoms with van der Waals surface area (Å²) in [7, 11) is 0.